The molecule has 3 amide bonds. The van der Waals surface area contributed by atoms with Crippen LogP contribution in [-0.2, 0) is 11.3 Å². The van der Waals surface area contributed by atoms with Crippen LogP contribution in [0.15, 0.2) is 36.5 Å². The number of amides is 3. The van der Waals surface area contributed by atoms with Gasteiger partial charge in [0.05, 0.1) is 5.69 Å². The first kappa shape index (κ1) is 13.4. The van der Waals surface area contributed by atoms with Gasteiger partial charge in [0.25, 0.3) is 0 Å². The largest absolute Gasteiger partial charge is 0.328 e. The van der Waals surface area contributed by atoms with Crippen LogP contribution >= 0.6 is 0 Å². The molecular weight excluding hydrogens is 268 g/mol. The van der Waals surface area contributed by atoms with Crippen LogP contribution in [0.1, 0.15) is 13.3 Å². The highest BCUT2D eigenvalue weighted by Gasteiger charge is 2.24. The predicted octanol–water partition coefficient (Wildman–Crippen LogP) is 2.02. The first-order chi connectivity index (χ1) is 10.2. The zero-order chi connectivity index (χ0) is 14.8. The molecule has 1 aliphatic rings. The zero-order valence-corrected chi connectivity index (χ0v) is 11.7. The predicted molar refractivity (Wildman–Crippen MR) is 78.8 cm³/mol. The van der Waals surface area contributed by atoms with E-state index in [1.165, 1.54) is 0 Å². The van der Waals surface area contributed by atoms with Crippen molar-refractivity contribution >= 4 is 17.6 Å². The van der Waals surface area contributed by atoms with Gasteiger partial charge in [0.15, 0.2) is 0 Å². The maximum absolute atomic E-state index is 11.8. The molecule has 21 heavy (non-hydrogen) atoms. The maximum Gasteiger partial charge on any atom is 0.328 e. The summed E-state index contributed by atoms with van der Waals surface area (Å²) in [7, 11) is 0. The lowest BCUT2D eigenvalue weighted by molar-refractivity contribution is -0.120. The lowest BCUT2D eigenvalue weighted by atomic mass is 10.1. The molecule has 2 heterocycles. The second kappa shape index (κ2) is 5.40. The fraction of sp³-hybridized carbons (Fsp3) is 0.267. The molecule has 1 N–H and O–H groups in total. The summed E-state index contributed by atoms with van der Waals surface area (Å²) in [4.78, 5) is 24.5. The molecule has 0 spiro atoms. The number of rotatable bonds is 3. The SMILES string of the molecule is CCn1nccc1-c1ccc(N2CCC(=O)NC2=O)cc1. The van der Waals surface area contributed by atoms with Crippen LogP contribution in [0.2, 0.25) is 0 Å². The topological polar surface area (TPSA) is 67.2 Å². The summed E-state index contributed by atoms with van der Waals surface area (Å²) < 4.78 is 1.92. The Hall–Kier alpha value is -2.63. The molecule has 6 nitrogen and oxygen atoms in total. The molecule has 0 atom stereocenters. The minimum Gasteiger partial charge on any atom is -0.294 e. The van der Waals surface area contributed by atoms with Gasteiger partial charge in [0.2, 0.25) is 5.91 Å². The van der Waals surface area contributed by atoms with Crippen molar-refractivity contribution in [3.8, 4) is 11.3 Å². The van der Waals surface area contributed by atoms with Gasteiger partial charge in [-0.15, -0.1) is 0 Å². The van der Waals surface area contributed by atoms with Crippen LogP contribution in [-0.4, -0.2) is 28.3 Å². The van der Waals surface area contributed by atoms with E-state index in [2.05, 4.69) is 10.4 Å². The van der Waals surface area contributed by atoms with Gasteiger partial charge in [-0.05, 0) is 30.7 Å². The second-order valence-corrected chi connectivity index (χ2v) is 4.83. The molecule has 1 aromatic heterocycles. The number of carbonyl (C=O) groups excluding carboxylic acids is 2. The highest BCUT2D eigenvalue weighted by atomic mass is 16.2. The Labute approximate surface area is 122 Å². The molecule has 0 bridgehead atoms. The molecule has 0 radical (unpaired) electrons. The minimum atomic E-state index is -0.363. The van der Waals surface area contributed by atoms with E-state index < -0.39 is 0 Å². The van der Waals surface area contributed by atoms with Crippen molar-refractivity contribution in [3.63, 3.8) is 0 Å². The third kappa shape index (κ3) is 2.52. The number of hydrogen-bond donors (Lipinski definition) is 1. The van der Waals surface area contributed by atoms with Crippen molar-refractivity contribution in [1.29, 1.82) is 0 Å². The van der Waals surface area contributed by atoms with Gasteiger partial charge in [-0.1, -0.05) is 12.1 Å². The average molecular weight is 284 g/mol. The Morgan fingerprint density at radius 1 is 1.19 bits per heavy atom. The Morgan fingerprint density at radius 3 is 2.62 bits per heavy atom. The summed E-state index contributed by atoms with van der Waals surface area (Å²) in [5.41, 5.74) is 2.88. The molecule has 1 aliphatic heterocycles. The van der Waals surface area contributed by atoms with Gasteiger partial charge in [-0.25, -0.2) is 4.79 Å². The van der Waals surface area contributed by atoms with Crippen LogP contribution in [0, 0.1) is 0 Å². The van der Waals surface area contributed by atoms with E-state index in [4.69, 9.17) is 0 Å². The van der Waals surface area contributed by atoms with Gasteiger partial charge < -0.3 is 0 Å². The number of nitrogens with one attached hydrogen (secondary N) is 1. The van der Waals surface area contributed by atoms with E-state index in [0.29, 0.717) is 13.0 Å². The summed E-state index contributed by atoms with van der Waals surface area (Å²) in [6, 6.07) is 9.29. The summed E-state index contributed by atoms with van der Waals surface area (Å²) in [5.74, 6) is -0.222. The number of carbonyl (C=O) groups is 2. The summed E-state index contributed by atoms with van der Waals surface area (Å²) in [5, 5.41) is 6.57. The van der Waals surface area contributed by atoms with E-state index in [1.807, 2.05) is 41.9 Å². The van der Waals surface area contributed by atoms with Crippen molar-refractivity contribution in [1.82, 2.24) is 15.1 Å². The van der Waals surface area contributed by atoms with Crippen LogP contribution in [0.3, 0.4) is 0 Å². The minimum absolute atomic E-state index is 0.222. The van der Waals surface area contributed by atoms with Crippen molar-refractivity contribution in [2.75, 3.05) is 11.4 Å². The monoisotopic (exact) mass is 284 g/mol. The Balaban J connectivity index is 1.84. The molecule has 108 valence electrons. The first-order valence-corrected chi connectivity index (χ1v) is 6.92. The smallest absolute Gasteiger partial charge is 0.294 e. The molecule has 0 aliphatic carbocycles. The number of aromatic nitrogens is 2. The first-order valence-electron chi connectivity index (χ1n) is 6.92. The third-order valence-electron chi connectivity index (χ3n) is 3.54. The van der Waals surface area contributed by atoms with Gasteiger partial charge in [0, 0.05) is 31.4 Å². The summed E-state index contributed by atoms with van der Waals surface area (Å²) in [6.07, 6.45) is 2.10. The van der Waals surface area contributed by atoms with Crippen molar-refractivity contribution in [3.05, 3.63) is 36.5 Å². The second-order valence-electron chi connectivity index (χ2n) is 4.83. The van der Waals surface area contributed by atoms with Gasteiger partial charge >= 0.3 is 6.03 Å². The summed E-state index contributed by atoms with van der Waals surface area (Å²) in [6.45, 7) is 3.26. The average Bonchev–Trinajstić information content (AvgIpc) is 2.96. The van der Waals surface area contributed by atoms with E-state index in [0.717, 1.165) is 23.5 Å². The fourth-order valence-electron chi connectivity index (χ4n) is 2.45. The van der Waals surface area contributed by atoms with E-state index in [1.54, 1.807) is 11.1 Å². The van der Waals surface area contributed by atoms with Gasteiger partial charge in [0.1, 0.15) is 0 Å². The number of imide groups is 1. The quantitative estimate of drug-likeness (QED) is 0.937. The molecular formula is C15H16N4O2. The van der Waals surface area contributed by atoms with Crippen LogP contribution in [0.4, 0.5) is 10.5 Å². The molecule has 3 rings (SSSR count). The number of hydrogen-bond acceptors (Lipinski definition) is 3. The number of aryl methyl sites for hydroxylation is 1. The van der Waals surface area contributed by atoms with Gasteiger partial charge in [-0.3, -0.25) is 19.7 Å². The van der Waals surface area contributed by atoms with E-state index >= 15 is 0 Å². The molecule has 2 aromatic rings. The van der Waals surface area contributed by atoms with Crippen LogP contribution < -0.4 is 10.2 Å². The molecule has 1 aromatic carbocycles. The lowest BCUT2D eigenvalue weighted by Gasteiger charge is -2.26. The van der Waals surface area contributed by atoms with E-state index in [9.17, 15) is 9.59 Å². The lowest BCUT2D eigenvalue weighted by Crippen LogP contribution is -2.49. The third-order valence-corrected chi connectivity index (χ3v) is 3.54. The normalized spacial score (nSPS) is 15.2. The number of anilines is 1. The van der Waals surface area contributed by atoms with Crippen molar-refractivity contribution < 1.29 is 9.59 Å². The standard InChI is InChI=1S/C15H16N4O2/c1-2-19-13(7-9-16-19)11-3-5-12(6-4-11)18-10-8-14(20)17-15(18)21/h3-7,9H,2,8,10H2,1H3,(H,17,20,21). The highest BCUT2D eigenvalue weighted by molar-refractivity contribution is 6.05. The fourth-order valence-corrected chi connectivity index (χ4v) is 2.45. The Kier molecular flexibility index (Phi) is 3.43. The molecule has 0 unspecified atom stereocenters. The number of benzene rings is 1. The van der Waals surface area contributed by atoms with Crippen molar-refractivity contribution in [2.45, 2.75) is 19.9 Å². The molecule has 1 fully saturated rings. The molecule has 6 heteroatoms. The maximum atomic E-state index is 11.8. The Bertz CT molecular complexity index is 675. The summed E-state index contributed by atoms with van der Waals surface area (Å²) >= 11 is 0. The molecule has 0 saturated carbocycles. The van der Waals surface area contributed by atoms with Crippen LogP contribution in [0.25, 0.3) is 11.3 Å². The number of urea groups is 1. The zero-order valence-electron chi connectivity index (χ0n) is 11.7. The highest BCUT2D eigenvalue weighted by Crippen LogP contribution is 2.24. The van der Waals surface area contributed by atoms with Crippen LogP contribution in [0.5, 0.6) is 0 Å². The Morgan fingerprint density at radius 2 is 1.95 bits per heavy atom. The van der Waals surface area contributed by atoms with E-state index in [-0.39, 0.29) is 11.9 Å². The van der Waals surface area contributed by atoms with Gasteiger partial charge in [-0.2, -0.15) is 5.10 Å². The van der Waals surface area contributed by atoms with Crippen molar-refractivity contribution in [2.24, 2.45) is 0 Å². The number of nitrogens with zero attached hydrogens (tertiary/aromatic N) is 3. The molecule has 1 saturated heterocycles.